The van der Waals surface area contributed by atoms with Gasteiger partial charge < -0.3 is 10.2 Å². The van der Waals surface area contributed by atoms with Gasteiger partial charge in [-0.1, -0.05) is 37.3 Å². The Morgan fingerprint density at radius 2 is 1.91 bits per heavy atom. The Kier molecular flexibility index (Phi) is 4.99. The molecular formula is C19H26N2O2. The zero-order valence-electron chi connectivity index (χ0n) is 13.8. The van der Waals surface area contributed by atoms with Crippen LogP contribution in [-0.2, 0) is 9.59 Å². The molecule has 1 aromatic rings. The summed E-state index contributed by atoms with van der Waals surface area (Å²) in [4.78, 5) is 26.5. The first-order valence-electron chi connectivity index (χ1n) is 8.76. The Labute approximate surface area is 138 Å². The second-order valence-electron chi connectivity index (χ2n) is 6.95. The summed E-state index contributed by atoms with van der Waals surface area (Å²) in [5, 5.41) is 3.08. The van der Waals surface area contributed by atoms with E-state index in [1.807, 2.05) is 23.1 Å². The Hall–Kier alpha value is -1.84. The minimum Gasteiger partial charge on any atom is -0.355 e. The van der Waals surface area contributed by atoms with E-state index in [9.17, 15) is 9.59 Å². The van der Waals surface area contributed by atoms with E-state index in [2.05, 4.69) is 24.4 Å². The monoisotopic (exact) mass is 314 g/mol. The molecule has 2 fully saturated rings. The zero-order chi connectivity index (χ0) is 16.2. The summed E-state index contributed by atoms with van der Waals surface area (Å²) >= 11 is 0. The van der Waals surface area contributed by atoms with Crippen molar-refractivity contribution in [3.8, 4) is 0 Å². The molecule has 4 heteroatoms. The van der Waals surface area contributed by atoms with Crippen LogP contribution < -0.4 is 5.32 Å². The van der Waals surface area contributed by atoms with Gasteiger partial charge >= 0.3 is 0 Å². The van der Waals surface area contributed by atoms with E-state index in [1.54, 1.807) is 0 Å². The molecular weight excluding hydrogens is 288 g/mol. The van der Waals surface area contributed by atoms with E-state index in [0.717, 1.165) is 32.2 Å². The summed E-state index contributed by atoms with van der Waals surface area (Å²) in [7, 11) is 0. The van der Waals surface area contributed by atoms with Gasteiger partial charge in [0.15, 0.2) is 0 Å². The number of piperidine rings is 1. The van der Waals surface area contributed by atoms with Crippen molar-refractivity contribution in [1.29, 1.82) is 0 Å². The SMILES string of the molecule is C[C@@H](CNC(=O)[C@@H]1CCCN(C(=O)C2CC2)C1)c1ccccc1. The van der Waals surface area contributed by atoms with Gasteiger partial charge in [-0.05, 0) is 37.2 Å². The summed E-state index contributed by atoms with van der Waals surface area (Å²) in [5.74, 6) is 0.860. The number of amides is 2. The maximum Gasteiger partial charge on any atom is 0.225 e. The zero-order valence-corrected chi connectivity index (χ0v) is 13.8. The summed E-state index contributed by atoms with van der Waals surface area (Å²) < 4.78 is 0. The van der Waals surface area contributed by atoms with Crippen LogP contribution in [0.3, 0.4) is 0 Å². The van der Waals surface area contributed by atoms with Gasteiger partial charge in [-0.15, -0.1) is 0 Å². The second-order valence-corrected chi connectivity index (χ2v) is 6.95. The van der Waals surface area contributed by atoms with Crippen molar-refractivity contribution < 1.29 is 9.59 Å². The molecule has 0 spiro atoms. The van der Waals surface area contributed by atoms with Crippen molar-refractivity contribution in [2.24, 2.45) is 11.8 Å². The minimum absolute atomic E-state index is 0.0468. The summed E-state index contributed by atoms with van der Waals surface area (Å²) in [5.41, 5.74) is 1.24. The predicted octanol–water partition coefficient (Wildman–Crippen LogP) is 2.55. The van der Waals surface area contributed by atoms with Crippen molar-refractivity contribution in [3.05, 3.63) is 35.9 Å². The lowest BCUT2D eigenvalue weighted by Gasteiger charge is -2.32. The molecule has 0 bridgehead atoms. The van der Waals surface area contributed by atoms with Crippen LogP contribution in [0.15, 0.2) is 30.3 Å². The fraction of sp³-hybridized carbons (Fsp3) is 0.579. The lowest BCUT2D eigenvalue weighted by atomic mass is 9.96. The van der Waals surface area contributed by atoms with Gasteiger partial charge in [-0.3, -0.25) is 9.59 Å². The summed E-state index contributed by atoms with van der Waals surface area (Å²) in [6.45, 7) is 4.19. The average molecular weight is 314 g/mol. The molecule has 2 amide bonds. The van der Waals surface area contributed by atoms with E-state index in [0.29, 0.717) is 19.0 Å². The van der Waals surface area contributed by atoms with Crippen molar-refractivity contribution in [3.63, 3.8) is 0 Å². The summed E-state index contributed by atoms with van der Waals surface area (Å²) in [6.07, 6.45) is 3.88. The highest BCUT2D eigenvalue weighted by molar-refractivity contribution is 5.83. The van der Waals surface area contributed by atoms with E-state index in [1.165, 1.54) is 5.56 Å². The Bertz CT molecular complexity index is 554. The standard InChI is InChI=1S/C19H26N2O2/c1-14(15-6-3-2-4-7-15)12-20-18(22)17-8-5-11-21(13-17)19(23)16-9-10-16/h2-4,6-7,14,16-17H,5,8-13H2,1H3,(H,20,22)/t14-,17+/m0/s1. The molecule has 0 radical (unpaired) electrons. The first-order chi connectivity index (χ1) is 11.1. The van der Waals surface area contributed by atoms with Crippen LogP contribution in [-0.4, -0.2) is 36.3 Å². The van der Waals surface area contributed by atoms with Crippen LogP contribution in [0.2, 0.25) is 0 Å². The molecule has 4 nitrogen and oxygen atoms in total. The van der Waals surface area contributed by atoms with Crippen molar-refractivity contribution in [2.45, 2.75) is 38.5 Å². The number of rotatable bonds is 5. The number of carbonyl (C=O) groups excluding carboxylic acids is 2. The largest absolute Gasteiger partial charge is 0.355 e. The third kappa shape index (κ3) is 4.12. The molecule has 1 saturated heterocycles. The number of hydrogen-bond donors (Lipinski definition) is 1. The lowest BCUT2D eigenvalue weighted by Crippen LogP contribution is -2.46. The molecule has 1 heterocycles. The normalized spacial score (nSPS) is 22.5. The van der Waals surface area contributed by atoms with Gasteiger partial charge in [0.2, 0.25) is 11.8 Å². The summed E-state index contributed by atoms with van der Waals surface area (Å²) in [6, 6.07) is 10.2. The highest BCUT2D eigenvalue weighted by Crippen LogP contribution is 2.32. The molecule has 23 heavy (non-hydrogen) atoms. The topological polar surface area (TPSA) is 49.4 Å². The van der Waals surface area contributed by atoms with Crippen molar-refractivity contribution in [1.82, 2.24) is 10.2 Å². The van der Waals surface area contributed by atoms with Gasteiger partial charge in [0.05, 0.1) is 5.92 Å². The molecule has 0 aromatic heterocycles. The molecule has 1 saturated carbocycles. The number of benzene rings is 1. The van der Waals surface area contributed by atoms with E-state index >= 15 is 0 Å². The smallest absolute Gasteiger partial charge is 0.225 e. The van der Waals surface area contributed by atoms with Gasteiger partial charge in [0.25, 0.3) is 0 Å². The highest BCUT2D eigenvalue weighted by Gasteiger charge is 2.36. The number of likely N-dealkylation sites (tertiary alicyclic amines) is 1. The van der Waals surface area contributed by atoms with Gasteiger partial charge in [-0.2, -0.15) is 0 Å². The van der Waals surface area contributed by atoms with Crippen LogP contribution in [0.25, 0.3) is 0 Å². The fourth-order valence-corrected chi connectivity index (χ4v) is 3.28. The third-order valence-corrected chi connectivity index (χ3v) is 4.98. The Morgan fingerprint density at radius 1 is 1.17 bits per heavy atom. The quantitative estimate of drug-likeness (QED) is 0.908. The Morgan fingerprint density at radius 3 is 2.61 bits per heavy atom. The maximum atomic E-state index is 12.4. The van der Waals surface area contributed by atoms with E-state index in [-0.39, 0.29) is 23.7 Å². The molecule has 2 atom stereocenters. The van der Waals surface area contributed by atoms with Crippen molar-refractivity contribution in [2.75, 3.05) is 19.6 Å². The first-order valence-corrected chi connectivity index (χ1v) is 8.76. The molecule has 1 N–H and O–H groups in total. The van der Waals surface area contributed by atoms with Crippen LogP contribution >= 0.6 is 0 Å². The molecule has 2 aliphatic rings. The van der Waals surface area contributed by atoms with E-state index in [4.69, 9.17) is 0 Å². The molecule has 1 aromatic carbocycles. The molecule has 3 rings (SSSR count). The van der Waals surface area contributed by atoms with Gasteiger partial charge in [-0.25, -0.2) is 0 Å². The fourth-order valence-electron chi connectivity index (χ4n) is 3.28. The maximum absolute atomic E-state index is 12.4. The number of carbonyl (C=O) groups is 2. The molecule has 0 unspecified atom stereocenters. The van der Waals surface area contributed by atoms with Crippen molar-refractivity contribution >= 4 is 11.8 Å². The number of nitrogens with one attached hydrogen (secondary N) is 1. The number of nitrogens with zero attached hydrogens (tertiary/aromatic N) is 1. The molecule has 124 valence electrons. The second kappa shape index (κ2) is 7.16. The van der Waals surface area contributed by atoms with Crippen LogP contribution in [0.4, 0.5) is 0 Å². The van der Waals surface area contributed by atoms with Crippen LogP contribution in [0.5, 0.6) is 0 Å². The highest BCUT2D eigenvalue weighted by atomic mass is 16.2. The predicted molar refractivity (Wildman–Crippen MR) is 89.9 cm³/mol. The average Bonchev–Trinajstić information content (AvgIpc) is 3.44. The Balaban J connectivity index is 1.48. The number of hydrogen-bond acceptors (Lipinski definition) is 2. The molecule has 1 aliphatic heterocycles. The first kappa shape index (κ1) is 16.0. The van der Waals surface area contributed by atoms with Gasteiger partial charge in [0.1, 0.15) is 0 Å². The van der Waals surface area contributed by atoms with E-state index < -0.39 is 0 Å². The van der Waals surface area contributed by atoms with Gasteiger partial charge in [0, 0.05) is 25.6 Å². The van der Waals surface area contributed by atoms with Crippen LogP contribution in [0, 0.1) is 11.8 Å². The lowest BCUT2D eigenvalue weighted by molar-refractivity contribution is -0.136. The van der Waals surface area contributed by atoms with Crippen LogP contribution in [0.1, 0.15) is 44.1 Å². The molecule has 1 aliphatic carbocycles. The minimum atomic E-state index is -0.0468. The third-order valence-electron chi connectivity index (χ3n) is 4.98.